The Balaban J connectivity index is 2.32. The molecule has 2 aromatic heterocycles. The average Bonchev–Trinajstić information content (AvgIpc) is 2.78. The van der Waals surface area contributed by atoms with Crippen molar-refractivity contribution in [1.82, 2.24) is 15.1 Å². The van der Waals surface area contributed by atoms with Gasteiger partial charge in [-0.05, 0) is 19.1 Å². The normalized spacial score (nSPS) is 12.1. The topological polar surface area (TPSA) is 75.6 Å². The molecule has 0 saturated carbocycles. The predicted octanol–water partition coefficient (Wildman–Crippen LogP) is 2.30. The summed E-state index contributed by atoms with van der Waals surface area (Å²) in [5, 5.41) is 12.0. The van der Waals surface area contributed by atoms with E-state index in [0.717, 1.165) is 0 Å². The lowest BCUT2D eigenvalue weighted by molar-refractivity contribution is 0.421. The summed E-state index contributed by atoms with van der Waals surface area (Å²) >= 11 is 5.80. The molecule has 2 aromatic rings. The van der Waals surface area contributed by atoms with E-state index in [1.54, 1.807) is 19.1 Å². The lowest BCUT2D eigenvalue weighted by atomic mass is 10.3. The smallest absolute Gasteiger partial charge is 0.276 e. The van der Waals surface area contributed by atoms with Crippen LogP contribution in [0.1, 0.15) is 23.7 Å². The van der Waals surface area contributed by atoms with Gasteiger partial charge in [-0.3, -0.25) is 0 Å². The number of alkyl halides is 1. The number of hydrogen-bond acceptors (Lipinski definition) is 5. The molecule has 0 saturated heterocycles. The zero-order chi connectivity index (χ0) is 11.5. The summed E-state index contributed by atoms with van der Waals surface area (Å²) in [4.78, 5) is 8.11. The maximum atomic E-state index is 8.62. The molecule has 2 rings (SSSR count). The second-order valence-electron chi connectivity index (χ2n) is 3.12. The molecular formula is C10H7ClN4O. The molecule has 0 amide bonds. The predicted molar refractivity (Wildman–Crippen MR) is 56.5 cm³/mol. The number of nitriles is 1. The Labute approximate surface area is 96.7 Å². The molecule has 0 aliphatic heterocycles. The van der Waals surface area contributed by atoms with Crippen LogP contribution < -0.4 is 0 Å². The van der Waals surface area contributed by atoms with Crippen LogP contribution in [0.25, 0.3) is 11.6 Å². The number of aromatic nitrogens is 3. The second-order valence-corrected chi connectivity index (χ2v) is 3.77. The van der Waals surface area contributed by atoms with Gasteiger partial charge in [-0.15, -0.1) is 11.6 Å². The third-order valence-corrected chi connectivity index (χ3v) is 2.10. The Morgan fingerprint density at radius 2 is 2.31 bits per heavy atom. The van der Waals surface area contributed by atoms with Crippen LogP contribution >= 0.6 is 11.6 Å². The molecule has 5 nitrogen and oxygen atoms in total. The first-order valence-electron chi connectivity index (χ1n) is 4.55. The van der Waals surface area contributed by atoms with Crippen molar-refractivity contribution in [3.8, 4) is 17.7 Å². The summed E-state index contributed by atoms with van der Waals surface area (Å²) in [5.74, 6) is 0.717. The summed E-state index contributed by atoms with van der Waals surface area (Å²) < 4.78 is 4.99. The van der Waals surface area contributed by atoms with E-state index >= 15 is 0 Å². The van der Waals surface area contributed by atoms with E-state index in [0.29, 0.717) is 23.0 Å². The van der Waals surface area contributed by atoms with Crippen LogP contribution in [0.2, 0.25) is 0 Å². The Morgan fingerprint density at radius 1 is 1.50 bits per heavy atom. The van der Waals surface area contributed by atoms with Gasteiger partial charge in [-0.25, -0.2) is 4.98 Å². The second kappa shape index (κ2) is 4.29. The third kappa shape index (κ3) is 2.02. The summed E-state index contributed by atoms with van der Waals surface area (Å²) in [6.45, 7) is 1.75. The summed E-state index contributed by atoms with van der Waals surface area (Å²) in [6, 6.07) is 5.26. The zero-order valence-electron chi connectivity index (χ0n) is 8.38. The average molecular weight is 235 g/mol. The van der Waals surface area contributed by atoms with Gasteiger partial charge in [0.2, 0.25) is 0 Å². The van der Waals surface area contributed by atoms with Gasteiger partial charge in [0.15, 0.2) is 5.82 Å². The highest BCUT2D eigenvalue weighted by Gasteiger charge is 2.13. The summed E-state index contributed by atoms with van der Waals surface area (Å²) in [7, 11) is 0. The van der Waals surface area contributed by atoms with E-state index in [1.807, 2.05) is 6.07 Å². The van der Waals surface area contributed by atoms with Gasteiger partial charge in [0.1, 0.15) is 11.8 Å². The van der Waals surface area contributed by atoms with E-state index < -0.39 is 0 Å². The molecule has 80 valence electrons. The van der Waals surface area contributed by atoms with Gasteiger partial charge in [0.05, 0.1) is 10.9 Å². The molecular weight excluding hydrogens is 228 g/mol. The molecule has 16 heavy (non-hydrogen) atoms. The molecule has 1 unspecified atom stereocenters. The van der Waals surface area contributed by atoms with Crippen LogP contribution in [0.4, 0.5) is 0 Å². The largest absolute Gasteiger partial charge is 0.332 e. The lowest BCUT2D eigenvalue weighted by Gasteiger charge is -1.92. The van der Waals surface area contributed by atoms with Crippen molar-refractivity contribution < 1.29 is 4.52 Å². The number of hydrogen-bond donors (Lipinski definition) is 0. The first-order chi connectivity index (χ1) is 7.70. The van der Waals surface area contributed by atoms with Crippen molar-refractivity contribution in [2.24, 2.45) is 0 Å². The summed E-state index contributed by atoms with van der Waals surface area (Å²) in [5.41, 5.74) is 1.00. The van der Waals surface area contributed by atoms with Crippen molar-refractivity contribution >= 4 is 11.6 Å². The molecule has 0 N–H and O–H groups in total. The monoisotopic (exact) mass is 234 g/mol. The lowest BCUT2D eigenvalue weighted by Crippen LogP contribution is -1.88. The van der Waals surface area contributed by atoms with Crippen LogP contribution in [0, 0.1) is 11.3 Å². The zero-order valence-corrected chi connectivity index (χ0v) is 9.14. The first kappa shape index (κ1) is 10.6. The number of nitrogens with zero attached hydrogens (tertiary/aromatic N) is 4. The van der Waals surface area contributed by atoms with E-state index in [1.165, 1.54) is 6.20 Å². The van der Waals surface area contributed by atoms with Gasteiger partial charge >= 0.3 is 0 Å². The Bertz CT molecular complexity index is 526. The molecule has 0 aliphatic rings. The van der Waals surface area contributed by atoms with Crippen LogP contribution in [0.3, 0.4) is 0 Å². The Hall–Kier alpha value is -1.93. The van der Waals surface area contributed by atoms with Crippen molar-refractivity contribution in [2.75, 3.05) is 0 Å². The molecule has 0 aliphatic carbocycles. The highest BCUT2D eigenvalue weighted by atomic mass is 35.5. The fourth-order valence-electron chi connectivity index (χ4n) is 1.09. The minimum atomic E-state index is -0.309. The van der Waals surface area contributed by atoms with Crippen molar-refractivity contribution in [1.29, 1.82) is 5.26 Å². The molecule has 1 atom stereocenters. The van der Waals surface area contributed by atoms with Crippen LogP contribution in [0.15, 0.2) is 22.9 Å². The maximum absolute atomic E-state index is 8.62. The number of halogens is 1. The van der Waals surface area contributed by atoms with Gasteiger partial charge in [-0.1, -0.05) is 5.16 Å². The van der Waals surface area contributed by atoms with Gasteiger partial charge < -0.3 is 4.52 Å². The fourth-order valence-corrected chi connectivity index (χ4v) is 1.18. The van der Waals surface area contributed by atoms with Crippen molar-refractivity contribution in [3.05, 3.63) is 29.7 Å². The SMILES string of the molecule is CC(Cl)c1noc(-c2ccc(C#N)cn2)n1. The van der Waals surface area contributed by atoms with Crippen LogP contribution in [0.5, 0.6) is 0 Å². The summed E-state index contributed by atoms with van der Waals surface area (Å²) in [6.07, 6.45) is 1.45. The highest BCUT2D eigenvalue weighted by Crippen LogP contribution is 2.20. The number of pyridine rings is 1. The highest BCUT2D eigenvalue weighted by molar-refractivity contribution is 6.20. The quantitative estimate of drug-likeness (QED) is 0.746. The molecule has 0 aromatic carbocycles. The van der Waals surface area contributed by atoms with Crippen LogP contribution in [-0.4, -0.2) is 15.1 Å². The fraction of sp³-hybridized carbons (Fsp3) is 0.200. The molecule has 0 radical (unpaired) electrons. The number of rotatable bonds is 2. The van der Waals surface area contributed by atoms with E-state index in [-0.39, 0.29) is 5.38 Å². The minimum absolute atomic E-state index is 0.298. The van der Waals surface area contributed by atoms with Crippen molar-refractivity contribution in [3.63, 3.8) is 0 Å². The molecule has 0 fully saturated rings. The Morgan fingerprint density at radius 3 is 2.81 bits per heavy atom. The van der Waals surface area contributed by atoms with E-state index in [2.05, 4.69) is 15.1 Å². The Kier molecular flexibility index (Phi) is 2.84. The minimum Gasteiger partial charge on any atom is -0.332 e. The molecule has 2 heterocycles. The van der Waals surface area contributed by atoms with Gasteiger partial charge in [0.25, 0.3) is 5.89 Å². The first-order valence-corrected chi connectivity index (χ1v) is 4.98. The van der Waals surface area contributed by atoms with Gasteiger partial charge in [0, 0.05) is 6.20 Å². The maximum Gasteiger partial charge on any atom is 0.276 e. The molecule has 6 heteroatoms. The van der Waals surface area contributed by atoms with Crippen LogP contribution in [-0.2, 0) is 0 Å². The standard InChI is InChI=1S/C10H7ClN4O/c1-6(11)9-14-10(16-15-9)8-3-2-7(4-12)5-13-8/h2-3,5-6H,1H3. The van der Waals surface area contributed by atoms with Gasteiger partial charge in [-0.2, -0.15) is 10.2 Å². The molecule has 0 spiro atoms. The third-order valence-electron chi connectivity index (χ3n) is 1.91. The van der Waals surface area contributed by atoms with E-state index in [9.17, 15) is 0 Å². The van der Waals surface area contributed by atoms with E-state index in [4.69, 9.17) is 21.4 Å². The van der Waals surface area contributed by atoms with Crippen molar-refractivity contribution in [2.45, 2.75) is 12.3 Å². The molecule has 0 bridgehead atoms.